The number of amides is 1. The van der Waals surface area contributed by atoms with E-state index >= 15 is 0 Å². The monoisotopic (exact) mass is 308 g/mol. The number of fused-ring (bicyclic) bond motifs is 1. The summed E-state index contributed by atoms with van der Waals surface area (Å²) < 4.78 is 10.9. The largest absolute Gasteiger partial charge is 0.381 e. The zero-order valence-corrected chi connectivity index (χ0v) is 12.8. The summed E-state index contributed by atoms with van der Waals surface area (Å²) in [7, 11) is 0. The zero-order chi connectivity index (χ0) is 15.2. The van der Waals surface area contributed by atoms with Gasteiger partial charge in [0, 0.05) is 56.4 Å². The molecule has 3 rings (SSSR count). The third-order valence-electron chi connectivity index (χ3n) is 4.15. The molecule has 1 aromatic heterocycles. The first kappa shape index (κ1) is 15.5. The minimum atomic E-state index is -0.106. The Kier molecular flexibility index (Phi) is 5.42. The van der Waals surface area contributed by atoms with Crippen molar-refractivity contribution in [2.24, 2.45) is 5.92 Å². The normalized spacial score (nSPS) is 20.8. The van der Waals surface area contributed by atoms with Gasteiger partial charge in [0.25, 0.3) is 5.91 Å². The SMILES string of the molecule is O=C(NCCCOCC1CCOC1)c1n[nH]c2c1CNCC2. The smallest absolute Gasteiger partial charge is 0.272 e. The summed E-state index contributed by atoms with van der Waals surface area (Å²) >= 11 is 0. The van der Waals surface area contributed by atoms with Crippen LogP contribution in [0.3, 0.4) is 0 Å². The lowest BCUT2D eigenvalue weighted by molar-refractivity contribution is 0.0851. The van der Waals surface area contributed by atoms with Crippen molar-refractivity contribution in [1.82, 2.24) is 20.8 Å². The van der Waals surface area contributed by atoms with Gasteiger partial charge in [0.1, 0.15) is 0 Å². The minimum absolute atomic E-state index is 0.106. The molecular weight excluding hydrogens is 284 g/mol. The molecule has 1 atom stereocenters. The van der Waals surface area contributed by atoms with E-state index in [1.165, 1.54) is 0 Å². The van der Waals surface area contributed by atoms with Crippen LogP contribution in [-0.2, 0) is 22.4 Å². The number of rotatable bonds is 7. The Labute approximate surface area is 130 Å². The molecule has 1 saturated heterocycles. The van der Waals surface area contributed by atoms with Crippen molar-refractivity contribution < 1.29 is 14.3 Å². The first-order chi connectivity index (χ1) is 10.8. The molecule has 0 radical (unpaired) electrons. The molecule has 0 aromatic carbocycles. The van der Waals surface area contributed by atoms with Crippen molar-refractivity contribution in [1.29, 1.82) is 0 Å². The maximum atomic E-state index is 12.1. The van der Waals surface area contributed by atoms with Gasteiger partial charge < -0.3 is 20.1 Å². The quantitative estimate of drug-likeness (QED) is 0.628. The molecule has 7 nitrogen and oxygen atoms in total. The van der Waals surface area contributed by atoms with E-state index in [0.717, 1.165) is 56.9 Å². The van der Waals surface area contributed by atoms with Crippen LogP contribution in [0.5, 0.6) is 0 Å². The number of aromatic amines is 1. The average molecular weight is 308 g/mol. The van der Waals surface area contributed by atoms with E-state index in [2.05, 4.69) is 20.8 Å². The van der Waals surface area contributed by atoms with Gasteiger partial charge in [0.05, 0.1) is 13.2 Å². The van der Waals surface area contributed by atoms with Crippen LogP contribution in [-0.4, -0.2) is 55.6 Å². The lowest BCUT2D eigenvalue weighted by atomic mass is 10.1. The van der Waals surface area contributed by atoms with Gasteiger partial charge in [-0.1, -0.05) is 0 Å². The minimum Gasteiger partial charge on any atom is -0.381 e. The summed E-state index contributed by atoms with van der Waals surface area (Å²) in [5.74, 6) is 0.433. The molecule has 22 heavy (non-hydrogen) atoms. The summed E-state index contributed by atoms with van der Waals surface area (Å²) in [6.07, 6.45) is 2.80. The molecule has 122 valence electrons. The third kappa shape index (κ3) is 3.85. The Bertz CT molecular complexity index is 497. The van der Waals surface area contributed by atoms with Crippen LogP contribution in [0.1, 0.15) is 34.6 Å². The lowest BCUT2D eigenvalue weighted by Crippen LogP contribution is -2.29. The molecule has 1 aromatic rings. The highest BCUT2D eigenvalue weighted by Crippen LogP contribution is 2.15. The van der Waals surface area contributed by atoms with Gasteiger partial charge in [0.2, 0.25) is 0 Å². The van der Waals surface area contributed by atoms with E-state index in [-0.39, 0.29) is 5.91 Å². The van der Waals surface area contributed by atoms with Crippen molar-refractivity contribution in [3.8, 4) is 0 Å². The summed E-state index contributed by atoms with van der Waals surface area (Å²) in [6.45, 7) is 5.33. The predicted molar refractivity (Wildman–Crippen MR) is 80.7 cm³/mol. The fourth-order valence-electron chi connectivity index (χ4n) is 2.84. The van der Waals surface area contributed by atoms with Gasteiger partial charge in [0.15, 0.2) is 5.69 Å². The summed E-state index contributed by atoms with van der Waals surface area (Å²) in [5.41, 5.74) is 2.60. The van der Waals surface area contributed by atoms with Gasteiger partial charge in [-0.25, -0.2) is 0 Å². The van der Waals surface area contributed by atoms with Crippen LogP contribution in [0.2, 0.25) is 0 Å². The number of nitrogens with one attached hydrogen (secondary N) is 3. The molecule has 7 heteroatoms. The summed E-state index contributed by atoms with van der Waals surface area (Å²) in [5, 5.41) is 13.3. The van der Waals surface area contributed by atoms with E-state index in [1.807, 2.05) is 0 Å². The van der Waals surface area contributed by atoms with Crippen molar-refractivity contribution in [2.45, 2.75) is 25.8 Å². The number of ether oxygens (including phenoxy) is 2. The van der Waals surface area contributed by atoms with Crippen LogP contribution in [0.25, 0.3) is 0 Å². The van der Waals surface area contributed by atoms with Gasteiger partial charge in [-0.2, -0.15) is 5.10 Å². The Morgan fingerprint density at radius 3 is 3.32 bits per heavy atom. The maximum absolute atomic E-state index is 12.1. The van der Waals surface area contributed by atoms with Crippen LogP contribution in [0.4, 0.5) is 0 Å². The number of hydrogen-bond donors (Lipinski definition) is 3. The first-order valence-corrected chi connectivity index (χ1v) is 8.05. The number of aromatic nitrogens is 2. The van der Waals surface area contributed by atoms with Crippen molar-refractivity contribution in [3.05, 3.63) is 17.0 Å². The zero-order valence-electron chi connectivity index (χ0n) is 12.8. The van der Waals surface area contributed by atoms with Crippen LogP contribution < -0.4 is 10.6 Å². The van der Waals surface area contributed by atoms with E-state index in [1.54, 1.807) is 0 Å². The predicted octanol–water partition coefficient (Wildman–Crippen LogP) is 0.228. The first-order valence-electron chi connectivity index (χ1n) is 8.05. The molecule has 0 bridgehead atoms. The third-order valence-corrected chi connectivity index (χ3v) is 4.15. The Hall–Kier alpha value is -1.44. The van der Waals surface area contributed by atoms with Crippen molar-refractivity contribution >= 4 is 5.91 Å². The molecule has 0 aliphatic carbocycles. The molecule has 3 N–H and O–H groups in total. The van der Waals surface area contributed by atoms with Gasteiger partial charge in [-0.05, 0) is 12.8 Å². The Morgan fingerprint density at radius 2 is 2.45 bits per heavy atom. The number of H-pyrrole nitrogens is 1. The number of nitrogens with zero attached hydrogens (tertiary/aromatic N) is 1. The fourth-order valence-corrected chi connectivity index (χ4v) is 2.84. The van der Waals surface area contributed by atoms with Crippen molar-refractivity contribution in [3.63, 3.8) is 0 Å². The molecule has 1 fully saturated rings. The highest BCUT2D eigenvalue weighted by molar-refractivity contribution is 5.94. The van der Waals surface area contributed by atoms with Gasteiger partial charge in [-0.15, -0.1) is 0 Å². The number of carbonyl (C=O) groups excluding carboxylic acids is 1. The Balaban J connectivity index is 1.33. The maximum Gasteiger partial charge on any atom is 0.272 e. The molecule has 3 heterocycles. The lowest BCUT2D eigenvalue weighted by Gasteiger charge is -2.13. The van der Waals surface area contributed by atoms with E-state index < -0.39 is 0 Å². The Morgan fingerprint density at radius 1 is 1.50 bits per heavy atom. The molecule has 2 aliphatic rings. The molecule has 1 unspecified atom stereocenters. The van der Waals surface area contributed by atoms with E-state index in [9.17, 15) is 4.79 Å². The van der Waals surface area contributed by atoms with Crippen LogP contribution in [0, 0.1) is 5.92 Å². The second-order valence-electron chi connectivity index (χ2n) is 5.87. The average Bonchev–Trinajstić information content (AvgIpc) is 3.19. The van der Waals surface area contributed by atoms with Crippen LogP contribution in [0.15, 0.2) is 0 Å². The van der Waals surface area contributed by atoms with E-state index in [0.29, 0.717) is 31.3 Å². The highest BCUT2D eigenvalue weighted by Gasteiger charge is 2.21. The summed E-state index contributed by atoms with van der Waals surface area (Å²) in [6, 6.07) is 0. The van der Waals surface area contributed by atoms with Gasteiger partial charge >= 0.3 is 0 Å². The molecule has 0 saturated carbocycles. The molecule has 1 amide bonds. The highest BCUT2D eigenvalue weighted by atomic mass is 16.5. The van der Waals surface area contributed by atoms with Crippen LogP contribution >= 0.6 is 0 Å². The van der Waals surface area contributed by atoms with Gasteiger partial charge in [-0.3, -0.25) is 9.89 Å². The second kappa shape index (κ2) is 7.71. The second-order valence-corrected chi connectivity index (χ2v) is 5.87. The molecule has 0 spiro atoms. The molecule has 2 aliphatic heterocycles. The number of carbonyl (C=O) groups is 1. The summed E-state index contributed by atoms with van der Waals surface area (Å²) in [4.78, 5) is 12.1. The fraction of sp³-hybridized carbons (Fsp3) is 0.733. The van der Waals surface area contributed by atoms with Crippen molar-refractivity contribution in [2.75, 3.05) is 39.5 Å². The topological polar surface area (TPSA) is 88.3 Å². The standard InChI is InChI=1S/C15H24N4O3/c20-15(14-12-8-16-5-2-13(12)18-19-14)17-4-1-6-21-9-11-3-7-22-10-11/h11,16H,1-10H2,(H,17,20)(H,18,19). The van der Waals surface area contributed by atoms with E-state index in [4.69, 9.17) is 9.47 Å². The number of hydrogen-bond acceptors (Lipinski definition) is 5. The molecular formula is C15H24N4O3.